The van der Waals surface area contributed by atoms with Gasteiger partial charge in [0.05, 0.1) is 17.6 Å². The molecule has 3 nitrogen and oxygen atoms in total. The van der Waals surface area contributed by atoms with Gasteiger partial charge in [0, 0.05) is 12.3 Å². The molecular formula is C12H14ClN3. The van der Waals surface area contributed by atoms with Crippen molar-refractivity contribution in [2.75, 3.05) is 5.88 Å². The summed E-state index contributed by atoms with van der Waals surface area (Å²) < 4.78 is 1.82. The number of para-hydroxylation sites is 1. The fraction of sp³-hybridized carbons (Fsp3) is 0.333. The minimum atomic E-state index is 0.577. The molecular weight excluding hydrogens is 222 g/mol. The van der Waals surface area contributed by atoms with E-state index in [2.05, 4.69) is 29.4 Å². The zero-order valence-electron chi connectivity index (χ0n) is 9.23. The Kier molecular flexibility index (Phi) is 3.57. The van der Waals surface area contributed by atoms with E-state index in [4.69, 9.17) is 11.6 Å². The number of hydrogen-bond donors (Lipinski definition) is 0. The first kappa shape index (κ1) is 11.1. The molecule has 1 aromatic heterocycles. The molecule has 0 aliphatic heterocycles. The number of benzene rings is 1. The zero-order valence-corrected chi connectivity index (χ0v) is 9.98. The first-order valence-corrected chi connectivity index (χ1v) is 5.94. The maximum atomic E-state index is 5.67. The maximum absolute atomic E-state index is 5.67. The predicted molar refractivity (Wildman–Crippen MR) is 65.2 cm³/mol. The summed E-state index contributed by atoms with van der Waals surface area (Å²) >= 11 is 5.67. The number of rotatable bonds is 4. The number of nitrogens with zero attached hydrogens (tertiary/aromatic N) is 3. The van der Waals surface area contributed by atoms with Crippen LogP contribution in [0, 0.1) is 0 Å². The summed E-state index contributed by atoms with van der Waals surface area (Å²) in [5, 5.41) is 8.21. The van der Waals surface area contributed by atoms with Gasteiger partial charge in [-0.3, -0.25) is 0 Å². The van der Waals surface area contributed by atoms with Crippen LogP contribution in [-0.4, -0.2) is 20.9 Å². The van der Waals surface area contributed by atoms with Gasteiger partial charge in [-0.1, -0.05) is 30.3 Å². The van der Waals surface area contributed by atoms with Gasteiger partial charge in [-0.2, -0.15) is 0 Å². The van der Waals surface area contributed by atoms with E-state index in [0.29, 0.717) is 5.88 Å². The smallest absolute Gasteiger partial charge is 0.0843 e. The number of halogens is 1. The molecule has 0 atom stereocenters. The van der Waals surface area contributed by atoms with E-state index in [1.54, 1.807) is 0 Å². The van der Waals surface area contributed by atoms with Crippen LogP contribution in [0.15, 0.2) is 30.5 Å². The maximum Gasteiger partial charge on any atom is 0.0843 e. The standard InChI is InChI=1S/C12H14ClN3/c1-2-10-5-3-4-6-12(10)16-9-11(7-8-13)14-15-16/h3-6,9H,2,7-8H2,1H3. The molecule has 4 heteroatoms. The SMILES string of the molecule is CCc1ccccc1-n1cc(CCCl)nn1. The van der Waals surface area contributed by atoms with Crippen molar-refractivity contribution in [3.8, 4) is 5.69 Å². The first-order chi connectivity index (χ1) is 7.85. The molecule has 0 radical (unpaired) electrons. The van der Waals surface area contributed by atoms with Crippen molar-refractivity contribution in [2.24, 2.45) is 0 Å². The van der Waals surface area contributed by atoms with Crippen LogP contribution in [-0.2, 0) is 12.8 Å². The van der Waals surface area contributed by atoms with Gasteiger partial charge in [0.15, 0.2) is 0 Å². The average molecular weight is 236 g/mol. The van der Waals surface area contributed by atoms with Crippen LogP contribution in [0.2, 0.25) is 0 Å². The highest BCUT2D eigenvalue weighted by molar-refractivity contribution is 6.17. The Morgan fingerprint density at radius 1 is 1.31 bits per heavy atom. The van der Waals surface area contributed by atoms with Crippen molar-refractivity contribution in [1.82, 2.24) is 15.0 Å². The summed E-state index contributed by atoms with van der Waals surface area (Å²) in [6.07, 6.45) is 3.69. The lowest BCUT2D eigenvalue weighted by atomic mass is 10.1. The van der Waals surface area contributed by atoms with Crippen molar-refractivity contribution < 1.29 is 0 Å². The molecule has 0 bridgehead atoms. The quantitative estimate of drug-likeness (QED) is 0.763. The highest BCUT2D eigenvalue weighted by atomic mass is 35.5. The molecule has 0 N–H and O–H groups in total. The Bertz CT molecular complexity index is 465. The van der Waals surface area contributed by atoms with Crippen LogP contribution in [0.25, 0.3) is 5.69 Å². The van der Waals surface area contributed by atoms with Crippen LogP contribution >= 0.6 is 11.6 Å². The second-order valence-corrected chi connectivity index (χ2v) is 3.95. The average Bonchev–Trinajstić information content (AvgIpc) is 2.78. The lowest BCUT2D eigenvalue weighted by molar-refractivity contribution is 0.789. The largest absolute Gasteiger partial charge is 0.220 e. The highest BCUT2D eigenvalue weighted by Gasteiger charge is 2.05. The van der Waals surface area contributed by atoms with Crippen molar-refractivity contribution >= 4 is 11.6 Å². The van der Waals surface area contributed by atoms with Crippen molar-refractivity contribution in [2.45, 2.75) is 19.8 Å². The van der Waals surface area contributed by atoms with Crippen molar-refractivity contribution in [1.29, 1.82) is 0 Å². The molecule has 0 spiro atoms. The molecule has 2 rings (SSSR count). The van der Waals surface area contributed by atoms with Gasteiger partial charge in [0.25, 0.3) is 0 Å². The highest BCUT2D eigenvalue weighted by Crippen LogP contribution is 2.14. The molecule has 0 saturated carbocycles. The Labute approximate surface area is 100 Å². The number of aromatic nitrogens is 3. The van der Waals surface area contributed by atoms with Crippen LogP contribution in [0.4, 0.5) is 0 Å². The Balaban J connectivity index is 2.34. The topological polar surface area (TPSA) is 30.7 Å². The number of alkyl halides is 1. The minimum absolute atomic E-state index is 0.577. The minimum Gasteiger partial charge on any atom is -0.220 e. The van der Waals surface area contributed by atoms with Crippen LogP contribution in [0.1, 0.15) is 18.2 Å². The lowest BCUT2D eigenvalue weighted by Gasteiger charge is -2.05. The molecule has 16 heavy (non-hydrogen) atoms. The monoisotopic (exact) mass is 235 g/mol. The molecule has 0 saturated heterocycles. The van der Waals surface area contributed by atoms with Gasteiger partial charge >= 0.3 is 0 Å². The van der Waals surface area contributed by atoms with E-state index >= 15 is 0 Å². The zero-order chi connectivity index (χ0) is 11.4. The van der Waals surface area contributed by atoms with Gasteiger partial charge in [-0.05, 0) is 18.1 Å². The van der Waals surface area contributed by atoms with Crippen molar-refractivity contribution in [3.05, 3.63) is 41.7 Å². The summed E-state index contributed by atoms with van der Waals surface area (Å²) in [5.41, 5.74) is 3.30. The van der Waals surface area contributed by atoms with E-state index < -0.39 is 0 Å². The first-order valence-electron chi connectivity index (χ1n) is 5.40. The molecule has 2 aromatic rings. The molecule has 1 heterocycles. The van der Waals surface area contributed by atoms with Gasteiger partial charge in [-0.15, -0.1) is 16.7 Å². The van der Waals surface area contributed by atoms with E-state index in [1.165, 1.54) is 5.56 Å². The summed E-state index contributed by atoms with van der Waals surface area (Å²) in [5.74, 6) is 0.577. The molecule has 0 amide bonds. The van der Waals surface area contributed by atoms with Crippen LogP contribution < -0.4 is 0 Å². The summed E-state index contributed by atoms with van der Waals surface area (Å²) in [7, 11) is 0. The van der Waals surface area contributed by atoms with E-state index in [-0.39, 0.29) is 0 Å². The van der Waals surface area contributed by atoms with Gasteiger partial charge < -0.3 is 0 Å². The Morgan fingerprint density at radius 2 is 2.12 bits per heavy atom. The molecule has 0 fully saturated rings. The summed E-state index contributed by atoms with van der Waals surface area (Å²) in [6, 6.07) is 8.21. The normalized spacial score (nSPS) is 10.6. The third kappa shape index (κ3) is 2.25. The Hall–Kier alpha value is -1.35. The molecule has 0 aliphatic rings. The molecule has 0 unspecified atom stereocenters. The fourth-order valence-electron chi connectivity index (χ4n) is 1.66. The Morgan fingerprint density at radius 3 is 2.88 bits per heavy atom. The van der Waals surface area contributed by atoms with Crippen LogP contribution in [0.3, 0.4) is 0 Å². The predicted octanol–water partition coefficient (Wildman–Crippen LogP) is 2.61. The van der Waals surface area contributed by atoms with Crippen LogP contribution in [0.5, 0.6) is 0 Å². The van der Waals surface area contributed by atoms with E-state index in [1.807, 2.05) is 23.0 Å². The van der Waals surface area contributed by atoms with Gasteiger partial charge in [-0.25, -0.2) is 4.68 Å². The summed E-state index contributed by atoms with van der Waals surface area (Å²) in [6.45, 7) is 2.13. The third-order valence-corrected chi connectivity index (χ3v) is 2.70. The molecule has 84 valence electrons. The second kappa shape index (κ2) is 5.12. The fourth-order valence-corrected chi connectivity index (χ4v) is 1.85. The van der Waals surface area contributed by atoms with Crippen molar-refractivity contribution in [3.63, 3.8) is 0 Å². The van der Waals surface area contributed by atoms with E-state index in [0.717, 1.165) is 24.2 Å². The molecule has 1 aromatic carbocycles. The third-order valence-electron chi connectivity index (χ3n) is 2.51. The second-order valence-electron chi connectivity index (χ2n) is 3.58. The number of aryl methyl sites for hydroxylation is 2. The van der Waals surface area contributed by atoms with Gasteiger partial charge in [0.1, 0.15) is 0 Å². The number of hydrogen-bond acceptors (Lipinski definition) is 2. The lowest BCUT2D eigenvalue weighted by Crippen LogP contribution is -1.99. The van der Waals surface area contributed by atoms with Gasteiger partial charge in [0.2, 0.25) is 0 Å². The molecule has 0 aliphatic carbocycles. The van der Waals surface area contributed by atoms with E-state index in [9.17, 15) is 0 Å². The summed E-state index contributed by atoms with van der Waals surface area (Å²) in [4.78, 5) is 0.